The second-order valence-electron chi connectivity index (χ2n) is 9.96. The fourth-order valence-electron chi connectivity index (χ4n) is 3.17. The molecule has 0 saturated carbocycles. The van der Waals surface area contributed by atoms with E-state index in [2.05, 4.69) is 10.3 Å². The van der Waals surface area contributed by atoms with Crippen molar-refractivity contribution in [2.24, 2.45) is 0 Å². The van der Waals surface area contributed by atoms with E-state index in [1.807, 2.05) is 0 Å². The first-order valence-corrected chi connectivity index (χ1v) is 13.1. The summed E-state index contributed by atoms with van der Waals surface area (Å²) in [6.07, 6.45) is -4.95. The zero-order valence-electron chi connectivity index (χ0n) is 20.1. The molecule has 12 heteroatoms. The first-order chi connectivity index (χ1) is 15.4. The van der Waals surface area contributed by atoms with Crippen LogP contribution in [0.3, 0.4) is 0 Å². The molecule has 0 aliphatic carbocycles. The minimum atomic E-state index is -5.12. The van der Waals surface area contributed by atoms with Crippen molar-refractivity contribution in [1.29, 1.82) is 0 Å². The first kappa shape index (κ1) is 27.9. The van der Waals surface area contributed by atoms with Crippen LogP contribution in [0, 0.1) is 0 Å². The van der Waals surface area contributed by atoms with Gasteiger partial charge < -0.3 is 0 Å². The van der Waals surface area contributed by atoms with Crippen molar-refractivity contribution in [3.05, 3.63) is 17.7 Å². The summed E-state index contributed by atoms with van der Waals surface area (Å²) in [5.74, 6) is -2.59. The molecule has 1 fully saturated rings. The number of carbonyl (C=O) groups is 3. The number of amides is 2. The number of pyridine rings is 1. The van der Waals surface area contributed by atoms with Gasteiger partial charge in [-0.3, -0.25) is 0 Å². The number of anilines is 1. The first-order valence-electron chi connectivity index (χ1n) is 10.8. The maximum atomic E-state index is 13.1. The van der Waals surface area contributed by atoms with Gasteiger partial charge in [0.05, 0.1) is 0 Å². The second-order valence-corrected chi connectivity index (χ2v) is 13.3. The predicted octanol–water partition coefficient (Wildman–Crippen LogP) is 4.05. The van der Waals surface area contributed by atoms with Crippen molar-refractivity contribution in [3.63, 3.8) is 0 Å². The third kappa shape index (κ3) is 8.81. The molecular formula is C22H31AsF3N3O5. The Kier molecular flexibility index (Phi) is 8.66. The molecule has 0 spiro atoms. The Morgan fingerprint density at radius 3 is 2.24 bits per heavy atom. The number of hydrogen-bond donors (Lipinski definition) is 1. The van der Waals surface area contributed by atoms with Gasteiger partial charge in [-0.25, -0.2) is 0 Å². The van der Waals surface area contributed by atoms with E-state index in [-0.39, 0.29) is 4.71 Å². The van der Waals surface area contributed by atoms with Crippen molar-refractivity contribution in [3.8, 4) is 0 Å². The molecule has 1 aromatic heterocycles. The van der Waals surface area contributed by atoms with Gasteiger partial charge in [0.1, 0.15) is 0 Å². The standard InChI is InChI=1S/C22H31AsF3N3O5/c1-20(2,3)33-18(31)28-17-14(16(30)22(24,25)26)9-10-15(27-17)23-13-8-7-11-29(12-13)19(32)34-21(4,5)6/h9-10,13,23H,7-8,11-12H2,1-6H3,(H,27,28,31). The fourth-order valence-corrected chi connectivity index (χ4v) is 6.18. The molecule has 34 heavy (non-hydrogen) atoms. The second kappa shape index (κ2) is 10.5. The van der Waals surface area contributed by atoms with Crippen molar-refractivity contribution >= 4 is 44.0 Å². The van der Waals surface area contributed by atoms with Crippen molar-refractivity contribution < 1.29 is 37.0 Å². The average molecular weight is 549 g/mol. The number of ketones is 1. The van der Waals surface area contributed by atoms with E-state index in [4.69, 9.17) is 9.47 Å². The van der Waals surface area contributed by atoms with Crippen LogP contribution in [-0.4, -0.2) is 74.1 Å². The number of piperidine rings is 1. The molecule has 2 unspecified atom stereocenters. The topological polar surface area (TPSA) is 97.8 Å². The molecule has 0 aromatic carbocycles. The predicted molar refractivity (Wildman–Crippen MR) is 122 cm³/mol. The van der Waals surface area contributed by atoms with Crippen LogP contribution in [0.25, 0.3) is 0 Å². The molecule has 2 atom stereocenters. The number of halogens is 3. The van der Waals surface area contributed by atoms with E-state index < -0.39 is 62.5 Å². The quantitative estimate of drug-likeness (QED) is 0.450. The van der Waals surface area contributed by atoms with E-state index in [1.165, 1.54) is 6.07 Å². The number of ether oxygens (including phenoxy) is 2. The molecule has 1 aromatic rings. The molecule has 2 rings (SSSR count). The van der Waals surface area contributed by atoms with Crippen LogP contribution in [0.5, 0.6) is 0 Å². The van der Waals surface area contributed by atoms with Crippen molar-refractivity contribution in [2.45, 2.75) is 76.5 Å². The normalized spacial score (nSPS) is 17.6. The summed E-state index contributed by atoms with van der Waals surface area (Å²) < 4.78 is 50.3. The fraction of sp³-hybridized carbons (Fsp3) is 0.636. The van der Waals surface area contributed by atoms with Crippen molar-refractivity contribution in [1.82, 2.24) is 9.88 Å². The van der Waals surface area contributed by atoms with Crippen LogP contribution in [0.4, 0.5) is 28.6 Å². The number of carbonyl (C=O) groups excluding carboxylic acids is 3. The van der Waals surface area contributed by atoms with E-state index in [0.29, 0.717) is 17.6 Å². The Hall–Kier alpha value is -2.29. The van der Waals surface area contributed by atoms with Crippen LogP contribution >= 0.6 is 0 Å². The number of aromatic nitrogens is 1. The summed E-state index contributed by atoms with van der Waals surface area (Å²) in [6.45, 7) is 11.2. The van der Waals surface area contributed by atoms with Gasteiger partial charge in [0.25, 0.3) is 0 Å². The Morgan fingerprint density at radius 2 is 1.68 bits per heavy atom. The van der Waals surface area contributed by atoms with Gasteiger partial charge in [-0.2, -0.15) is 0 Å². The Labute approximate surface area is 203 Å². The number of alkyl halides is 3. The summed E-state index contributed by atoms with van der Waals surface area (Å²) in [6, 6.07) is 2.41. The molecule has 190 valence electrons. The molecule has 0 radical (unpaired) electrons. The third-order valence-corrected chi connectivity index (χ3v) is 7.49. The SMILES string of the molecule is CC(C)(C)OC(=O)Nc1nc([AsH]C2CCCN(C(=O)OC(C)(C)C)C2)ccc1C(=O)C(F)(F)F. The number of rotatable bonds is 4. The molecule has 8 nitrogen and oxygen atoms in total. The van der Waals surface area contributed by atoms with Gasteiger partial charge in [-0.05, 0) is 0 Å². The van der Waals surface area contributed by atoms with Gasteiger partial charge in [0.2, 0.25) is 0 Å². The molecule has 1 aliphatic rings. The summed E-state index contributed by atoms with van der Waals surface area (Å²) in [7, 11) is 0. The molecular weight excluding hydrogens is 518 g/mol. The summed E-state index contributed by atoms with van der Waals surface area (Å²) >= 11 is -1.02. The van der Waals surface area contributed by atoms with Gasteiger partial charge >= 0.3 is 204 Å². The van der Waals surface area contributed by atoms with Crippen LogP contribution in [-0.2, 0) is 9.47 Å². The molecule has 1 aliphatic heterocycles. The third-order valence-electron chi connectivity index (χ3n) is 4.44. The Morgan fingerprint density at radius 1 is 1.06 bits per heavy atom. The summed E-state index contributed by atoms with van der Waals surface area (Å²) in [4.78, 5) is 42.3. The van der Waals surface area contributed by atoms with Crippen LogP contribution < -0.4 is 9.80 Å². The van der Waals surface area contributed by atoms with Gasteiger partial charge in [0, 0.05) is 0 Å². The van der Waals surface area contributed by atoms with Gasteiger partial charge in [-0.1, -0.05) is 0 Å². The molecule has 1 N–H and O–H groups in total. The van der Waals surface area contributed by atoms with Crippen LogP contribution in [0.2, 0.25) is 4.71 Å². The number of Topliss-reactive ketones (excluding diaryl/α,β-unsaturated/α-hetero) is 1. The maximum absolute atomic E-state index is 13.1. The molecule has 1 saturated heterocycles. The van der Waals surface area contributed by atoms with Crippen molar-refractivity contribution in [2.75, 3.05) is 18.4 Å². The van der Waals surface area contributed by atoms with E-state index in [0.717, 1.165) is 18.9 Å². The van der Waals surface area contributed by atoms with Crippen LogP contribution in [0.15, 0.2) is 12.1 Å². The number of likely N-dealkylation sites (tertiary alicyclic amines) is 1. The summed E-state index contributed by atoms with van der Waals surface area (Å²) in [5.41, 5.74) is -2.27. The minimum absolute atomic E-state index is 0.104. The molecule has 2 heterocycles. The summed E-state index contributed by atoms with van der Waals surface area (Å²) in [5, 5.41) is 2.19. The molecule has 0 bridgehead atoms. The zero-order chi connectivity index (χ0) is 25.9. The van der Waals surface area contributed by atoms with E-state index >= 15 is 0 Å². The van der Waals surface area contributed by atoms with E-state index in [1.54, 1.807) is 46.4 Å². The number of nitrogens with one attached hydrogen (secondary N) is 1. The van der Waals surface area contributed by atoms with E-state index in [9.17, 15) is 27.6 Å². The molecule has 2 amide bonds. The Bertz CT molecular complexity index is 926. The number of nitrogens with zero attached hydrogens (tertiary/aromatic N) is 2. The zero-order valence-corrected chi connectivity index (χ0v) is 22.2. The van der Waals surface area contributed by atoms with Gasteiger partial charge in [0.15, 0.2) is 0 Å². The van der Waals surface area contributed by atoms with Crippen LogP contribution in [0.1, 0.15) is 64.7 Å². The monoisotopic (exact) mass is 549 g/mol. The number of hydrogen-bond acceptors (Lipinski definition) is 6. The Balaban J connectivity index is 2.22. The van der Waals surface area contributed by atoms with Gasteiger partial charge in [-0.15, -0.1) is 0 Å². The average Bonchev–Trinajstić information content (AvgIpc) is 2.64.